The van der Waals surface area contributed by atoms with Gasteiger partial charge >= 0.3 is 5.97 Å². The Morgan fingerprint density at radius 3 is 2.48 bits per heavy atom. The maximum atomic E-state index is 13.5. The number of anilines is 1. The summed E-state index contributed by atoms with van der Waals surface area (Å²) in [5.74, 6) is 0.766. The number of methoxy groups -OCH3 is 1. The first-order chi connectivity index (χ1) is 23.9. The summed E-state index contributed by atoms with van der Waals surface area (Å²) in [4.78, 5) is 42.5. The van der Waals surface area contributed by atoms with Gasteiger partial charge in [-0.2, -0.15) is 0 Å². The molecule has 0 bridgehead atoms. The molecule has 13 nitrogen and oxygen atoms in total. The fourth-order valence-electron chi connectivity index (χ4n) is 6.98. The minimum absolute atomic E-state index is 0.0213. The molecule has 3 rings (SSSR count). The van der Waals surface area contributed by atoms with Crippen LogP contribution in [-0.4, -0.2) is 86.4 Å². The van der Waals surface area contributed by atoms with Gasteiger partial charge in [0.05, 0.1) is 24.9 Å². The minimum atomic E-state index is -0.840. The minimum Gasteiger partial charge on any atom is -0.490 e. The summed E-state index contributed by atoms with van der Waals surface area (Å²) in [6, 6.07) is 5.94. The number of fused-ring (bicyclic) bond motifs is 1. The molecule has 13 heteroatoms. The SMILES string of the molecule is COCCCN1CCOc2ccc(C[C@@H](C[C@H](N)[C@@H](O)C[C@H](C(=O)NC3CCC(OC(=O)CCCCO[N+](=O)[O-])CC3)C(C)C)C(C)C)cc21. The van der Waals surface area contributed by atoms with E-state index < -0.39 is 17.2 Å². The molecule has 1 aromatic carbocycles. The molecule has 1 aliphatic carbocycles. The average molecular weight is 707 g/mol. The lowest BCUT2D eigenvalue weighted by Crippen LogP contribution is -2.46. The zero-order chi connectivity index (χ0) is 36.6. The van der Waals surface area contributed by atoms with Crippen LogP contribution in [0.15, 0.2) is 18.2 Å². The fourth-order valence-corrected chi connectivity index (χ4v) is 6.98. The van der Waals surface area contributed by atoms with E-state index in [9.17, 15) is 24.8 Å². The van der Waals surface area contributed by atoms with Crippen LogP contribution in [-0.2, 0) is 30.3 Å². The second-order valence-corrected chi connectivity index (χ2v) is 14.7. The molecule has 1 saturated carbocycles. The van der Waals surface area contributed by atoms with Gasteiger partial charge in [-0.1, -0.05) is 33.8 Å². The maximum absolute atomic E-state index is 13.5. The van der Waals surface area contributed by atoms with Gasteiger partial charge in [-0.3, -0.25) is 9.59 Å². The molecule has 0 saturated heterocycles. The van der Waals surface area contributed by atoms with Gasteiger partial charge in [0, 0.05) is 44.7 Å². The van der Waals surface area contributed by atoms with Gasteiger partial charge in [0.1, 0.15) is 18.5 Å². The first kappa shape index (κ1) is 41.3. The number of hydrogen-bond acceptors (Lipinski definition) is 11. The number of rotatable bonds is 22. The van der Waals surface area contributed by atoms with Crippen LogP contribution >= 0.6 is 0 Å². The molecule has 284 valence electrons. The third kappa shape index (κ3) is 13.9. The van der Waals surface area contributed by atoms with E-state index >= 15 is 0 Å². The van der Waals surface area contributed by atoms with Crippen LogP contribution in [0, 0.1) is 33.8 Å². The van der Waals surface area contributed by atoms with Crippen molar-refractivity contribution >= 4 is 17.6 Å². The molecular weight excluding hydrogens is 644 g/mol. The molecule has 4 atom stereocenters. The number of carbonyl (C=O) groups is 2. The summed E-state index contributed by atoms with van der Waals surface area (Å²) >= 11 is 0. The van der Waals surface area contributed by atoms with E-state index in [4.69, 9.17) is 19.9 Å². The van der Waals surface area contributed by atoms with Crippen molar-refractivity contribution in [3.63, 3.8) is 0 Å². The molecule has 0 aromatic heterocycles. The third-order valence-electron chi connectivity index (χ3n) is 10.2. The molecule has 1 amide bonds. The molecule has 2 aliphatic rings. The molecular formula is C37H62N4O9. The normalized spacial score (nSPS) is 20.0. The number of ether oxygens (including phenoxy) is 3. The van der Waals surface area contributed by atoms with Crippen molar-refractivity contribution in [2.24, 2.45) is 29.4 Å². The standard InChI is InChI=1S/C37H62N4O9/c1-25(2)28(21-27-10-15-35-33(22-27)40(17-20-48-35)16-8-18-47-5)23-32(38)34(42)24-31(26(3)4)37(44)39-29-11-13-30(14-12-29)50-36(43)9-6-7-19-49-41(45)46/h10,15,22,25-26,28-32,34,42H,6-9,11-14,16-21,23-24,38H2,1-5H3,(H,39,44)/t28-,29?,30?,31-,32-,34-/m0/s1. The lowest BCUT2D eigenvalue weighted by molar-refractivity contribution is -0.757. The predicted molar refractivity (Wildman–Crippen MR) is 191 cm³/mol. The predicted octanol–water partition coefficient (Wildman–Crippen LogP) is 4.83. The van der Waals surface area contributed by atoms with Crippen molar-refractivity contribution in [1.29, 1.82) is 0 Å². The zero-order valence-electron chi connectivity index (χ0n) is 30.8. The number of esters is 1. The van der Waals surface area contributed by atoms with Gasteiger partial charge in [0.15, 0.2) is 0 Å². The lowest BCUT2D eigenvalue weighted by Gasteiger charge is -2.33. The Bertz CT molecular complexity index is 1190. The molecule has 1 fully saturated rings. The second kappa shape index (κ2) is 21.3. The average Bonchev–Trinajstić information content (AvgIpc) is 3.07. The Morgan fingerprint density at radius 1 is 1.08 bits per heavy atom. The summed E-state index contributed by atoms with van der Waals surface area (Å²) in [5, 5.41) is 23.9. The van der Waals surface area contributed by atoms with Gasteiger partial charge < -0.3 is 40.1 Å². The molecule has 1 heterocycles. The molecule has 0 radical (unpaired) electrons. The van der Waals surface area contributed by atoms with E-state index in [-0.39, 0.29) is 54.8 Å². The van der Waals surface area contributed by atoms with Gasteiger partial charge in [-0.15, -0.1) is 10.1 Å². The Balaban J connectivity index is 1.47. The summed E-state index contributed by atoms with van der Waals surface area (Å²) < 4.78 is 16.8. The molecule has 1 aromatic rings. The number of carbonyl (C=O) groups excluding carboxylic acids is 2. The van der Waals surface area contributed by atoms with Crippen LogP contribution in [0.2, 0.25) is 0 Å². The summed E-state index contributed by atoms with van der Waals surface area (Å²) in [6.45, 7) is 11.5. The van der Waals surface area contributed by atoms with Crippen LogP contribution in [0.25, 0.3) is 0 Å². The fraction of sp³-hybridized carbons (Fsp3) is 0.784. The van der Waals surface area contributed by atoms with Crippen LogP contribution in [0.3, 0.4) is 0 Å². The van der Waals surface area contributed by atoms with Crippen molar-refractivity contribution in [3.8, 4) is 5.75 Å². The molecule has 4 N–H and O–H groups in total. The van der Waals surface area contributed by atoms with E-state index in [1.54, 1.807) is 7.11 Å². The topological polar surface area (TPSA) is 176 Å². The van der Waals surface area contributed by atoms with E-state index in [0.29, 0.717) is 63.9 Å². The highest BCUT2D eigenvalue weighted by Gasteiger charge is 2.32. The largest absolute Gasteiger partial charge is 0.490 e. The van der Waals surface area contributed by atoms with Crippen LogP contribution in [0.5, 0.6) is 5.75 Å². The van der Waals surface area contributed by atoms with Gasteiger partial charge in [-0.05, 0) is 99.7 Å². The summed E-state index contributed by atoms with van der Waals surface area (Å²) in [7, 11) is 1.73. The maximum Gasteiger partial charge on any atom is 0.306 e. The van der Waals surface area contributed by atoms with Gasteiger partial charge in [0.2, 0.25) is 5.91 Å². The van der Waals surface area contributed by atoms with Crippen molar-refractivity contribution < 1.29 is 38.8 Å². The van der Waals surface area contributed by atoms with Crippen LogP contribution in [0.4, 0.5) is 5.69 Å². The zero-order valence-corrected chi connectivity index (χ0v) is 30.8. The van der Waals surface area contributed by atoms with Gasteiger partial charge in [0.25, 0.3) is 5.09 Å². The lowest BCUT2D eigenvalue weighted by atomic mass is 9.80. The molecule has 0 spiro atoms. The highest BCUT2D eigenvalue weighted by Crippen LogP contribution is 2.35. The Hall–Kier alpha value is -3.16. The molecule has 1 aliphatic heterocycles. The smallest absolute Gasteiger partial charge is 0.306 e. The summed E-state index contributed by atoms with van der Waals surface area (Å²) in [6.07, 6.45) is 5.47. The molecule has 0 unspecified atom stereocenters. The second-order valence-electron chi connectivity index (χ2n) is 14.7. The van der Waals surface area contributed by atoms with Crippen molar-refractivity contribution in [1.82, 2.24) is 5.32 Å². The number of nitrogens with one attached hydrogen (secondary N) is 1. The highest BCUT2D eigenvalue weighted by molar-refractivity contribution is 5.79. The van der Waals surface area contributed by atoms with Crippen LogP contribution in [0.1, 0.15) is 97.5 Å². The Morgan fingerprint density at radius 2 is 1.82 bits per heavy atom. The monoisotopic (exact) mass is 706 g/mol. The van der Waals surface area contributed by atoms with Crippen molar-refractivity contribution in [3.05, 3.63) is 33.9 Å². The van der Waals surface area contributed by atoms with E-state index in [1.807, 2.05) is 13.8 Å². The Kier molecular flexibility index (Phi) is 17.5. The van der Waals surface area contributed by atoms with E-state index in [2.05, 4.69) is 47.1 Å². The van der Waals surface area contributed by atoms with Crippen molar-refractivity contribution in [2.75, 3.05) is 44.9 Å². The number of nitrogens with zero attached hydrogens (tertiary/aromatic N) is 2. The Labute approximate surface area is 298 Å². The number of hydrogen-bond donors (Lipinski definition) is 3. The number of nitrogens with two attached hydrogens (primary N) is 1. The van der Waals surface area contributed by atoms with Gasteiger partial charge in [-0.25, -0.2) is 0 Å². The quantitative estimate of drug-likeness (QED) is 0.0652. The first-order valence-corrected chi connectivity index (χ1v) is 18.6. The number of benzene rings is 1. The number of aliphatic hydroxyl groups excluding tert-OH is 1. The van der Waals surface area contributed by atoms with E-state index in [0.717, 1.165) is 44.0 Å². The van der Waals surface area contributed by atoms with E-state index in [1.165, 1.54) is 5.56 Å². The third-order valence-corrected chi connectivity index (χ3v) is 10.2. The first-order valence-electron chi connectivity index (χ1n) is 18.6. The number of aliphatic hydroxyl groups is 1. The van der Waals surface area contributed by atoms with Crippen LogP contribution < -0.4 is 20.7 Å². The molecule has 50 heavy (non-hydrogen) atoms. The van der Waals surface area contributed by atoms with Crippen molar-refractivity contribution in [2.45, 2.75) is 123 Å². The summed E-state index contributed by atoms with van der Waals surface area (Å²) in [5.41, 5.74) is 9.00. The highest BCUT2D eigenvalue weighted by atomic mass is 16.9. The number of unbranched alkanes of at least 4 members (excludes halogenated alkanes) is 1. The number of amides is 1.